The summed E-state index contributed by atoms with van der Waals surface area (Å²) in [5, 5.41) is 18.0. The van der Waals surface area contributed by atoms with Gasteiger partial charge in [-0.1, -0.05) is 12.1 Å². The van der Waals surface area contributed by atoms with E-state index in [1.54, 1.807) is 33.8 Å². The van der Waals surface area contributed by atoms with Crippen LogP contribution in [0.1, 0.15) is 70.9 Å². The summed E-state index contributed by atoms with van der Waals surface area (Å²) in [6.07, 6.45) is 3.08. The first kappa shape index (κ1) is 32.7. The van der Waals surface area contributed by atoms with Gasteiger partial charge < -0.3 is 19.8 Å². The second kappa shape index (κ2) is 13.5. The van der Waals surface area contributed by atoms with E-state index in [0.29, 0.717) is 29.8 Å². The number of halogens is 2. The molecular formula is C34H41F2NO5. The molecule has 0 radical (unpaired) electrons. The monoisotopic (exact) mass is 581 g/mol. The summed E-state index contributed by atoms with van der Waals surface area (Å²) < 4.78 is 33.1. The van der Waals surface area contributed by atoms with E-state index in [9.17, 15) is 23.5 Å². The van der Waals surface area contributed by atoms with E-state index in [2.05, 4.69) is 11.0 Å². The number of nitrogens with zero attached hydrogens (tertiary/aromatic N) is 1. The number of hydrogen-bond donors (Lipinski definition) is 2. The van der Waals surface area contributed by atoms with Crippen molar-refractivity contribution in [1.82, 2.24) is 0 Å². The van der Waals surface area contributed by atoms with Crippen molar-refractivity contribution in [3.8, 4) is 16.9 Å². The lowest BCUT2D eigenvalue weighted by Crippen LogP contribution is -2.14. The molecule has 0 saturated heterocycles. The molecule has 0 bridgehead atoms. The first-order chi connectivity index (χ1) is 19.6. The number of rotatable bonds is 4. The summed E-state index contributed by atoms with van der Waals surface area (Å²) >= 11 is 0. The number of carbonyl (C=O) groups is 2. The molecule has 6 nitrogen and oxygen atoms in total. The maximum Gasteiger partial charge on any atom is 0.307 e. The van der Waals surface area contributed by atoms with Crippen LogP contribution >= 0.6 is 0 Å². The molecule has 2 N–H and O–H groups in total. The number of aryl methyl sites for hydroxylation is 1. The van der Waals surface area contributed by atoms with Gasteiger partial charge in [-0.15, -0.1) is 0 Å². The molecule has 8 heteroatoms. The molecule has 2 heterocycles. The van der Waals surface area contributed by atoms with Gasteiger partial charge in [-0.25, -0.2) is 8.78 Å². The van der Waals surface area contributed by atoms with Crippen LogP contribution in [0.25, 0.3) is 11.1 Å². The number of carbonyl (C=O) groups excluding carboxylic acids is 1. The number of fused-ring (bicyclic) bond motifs is 2. The molecule has 3 aromatic rings. The number of ether oxygens (including phenoxy) is 1. The third-order valence-corrected chi connectivity index (χ3v) is 7.32. The number of aldehydes is 1. The SMILES string of the molecule is CC(C)(C)O.Cc1c(F)cccc1C=O.Cc1cc2c(c(-c3cc(F)c4c(c3C)CCCO4)c1CC(=O)O)CCN2C. The Morgan fingerprint density at radius 3 is 2.31 bits per heavy atom. The number of aliphatic carboxylic acids is 1. The maximum atomic E-state index is 14.9. The molecule has 226 valence electrons. The molecule has 0 unspecified atom stereocenters. The highest BCUT2D eigenvalue weighted by atomic mass is 19.1. The molecule has 0 spiro atoms. The van der Waals surface area contributed by atoms with Crippen LogP contribution in [0.3, 0.4) is 0 Å². The summed E-state index contributed by atoms with van der Waals surface area (Å²) in [7, 11) is 2.04. The van der Waals surface area contributed by atoms with Gasteiger partial charge in [0, 0.05) is 30.4 Å². The van der Waals surface area contributed by atoms with Crippen molar-refractivity contribution in [3.05, 3.63) is 80.9 Å². The number of anilines is 1. The van der Waals surface area contributed by atoms with Gasteiger partial charge in [0.15, 0.2) is 11.6 Å². The van der Waals surface area contributed by atoms with Crippen LogP contribution in [-0.4, -0.2) is 48.3 Å². The second-order valence-electron chi connectivity index (χ2n) is 11.8. The van der Waals surface area contributed by atoms with E-state index in [1.165, 1.54) is 18.2 Å². The van der Waals surface area contributed by atoms with Crippen LogP contribution in [0.2, 0.25) is 0 Å². The van der Waals surface area contributed by atoms with Crippen molar-refractivity contribution >= 4 is 17.9 Å². The van der Waals surface area contributed by atoms with Gasteiger partial charge in [0.2, 0.25) is 0 Å². The first-order valence-corrected chi connectivity index (χ1v) is 14.1. The van der Waals surface area contributed by atoms with Gasteiger partial charge in [-0.2, -0.15) is 0 Å². The van der Waals surface area contributed by atoms with Crippen LogP contribution in [-0.2, 0) is 24.1 Å². The molecule has 2 aliphatic rings. The number of aliphatic hydroxyl groups is 1. The Balaban J connectivity index is 0.000000266. The fourth-order valence-electron chi connectivity index (χ4n) is 5.25. The topological polar surface area (TPSA) is 87.1 Å². The number of carboxylic acids is 1. The highest BCUT2D eigenvalue weighted by Gasteiger charge is 2.28. The van der Waals surface area contributed by atoms with Gasteiger partial charge in [0.1, 0.15) is 12.1 Å². The standard InChI is InChI=1S/C22H24FNO3.C8H7FO.C4H10O/c1-12-9-19-15(6-7-24(19)3)21(16(12)11-20(25)26)17-10-18(23)22-14(13(17)2)5-4-8-27-22;1-6-7(5-10)3-2-4-8(6)9;1-4(2,3)5/h9-10H,4-8,11H2,1-3H3,(H,25,26);2-5H,1H3;5H,1-3H3. The van der Waals surface area contributed by atoms with Crippen LogP contribution in [0.5, 0.6) is 5.75 Å². The fourth-order valence-corrected chi connectivity index (χ4v) is 5.25. The minimum Gasteiger partial charge on any atom is -0.490 e. The molecule has 0 aliphatic carbocycles. The minimum absolute atomic E-state index is 0.0627. The van der Waals surface area contributed by atoms with E-state index >= 15 is 0 Å². The van der Waals surface area contributed by atoms with Crippen LogP contribution < -0.4 is 9.64 Å². The van der Waals surface area contributed by atoms with Crippen molar-refractivity contribution in [2.75, 3.05) is 25.1 Å². The molecule has 2 aliphatic heterocycles. The smallest absolute Gasteiger partial charge is 0.307 e. The Labute approximate surface area is 247 Å². The van der Waals surface area contributed by atoms with E-state index in [4.69, 9.17) is 9.84 Å². The largest absolute Gasteiger partial charge is 0.490 e. The highest BCUT2D eigenvalue weighted by molar-refractivity contribution is 5.86. The lowest BCUT2D eigenvalue weighted by Gasteiger charge is -2.25. The summed E-state index contributed by atoms with van der Waals surface area (Å²) in [6, 6.07) is 8.05. The lowest BCUT2D eigenvalue weighted by molar-refractivity contribution is -0.136. The molecule has 0 fully saturated rings. The number of likely N-dealkylation sites (N-methyl/N-ethyl adjacent to an activating group) is 1. The van der Waals surface area contributed by atoms with Gasteiger partial charge in [-0.05, 0) is 118 Å². The normalized spacial score (nSPS) is 13.5. The maximum absolute atomic E-state index is 14.9. The number of hydrogen-bond acceptors (Lipinski definition) is 5. The van der Waals surface area contributed by atoms with Crippen molar-refractivity contribution in [3.63, 3.8) is 0 Å². The molecule has 0 saturated carbocycles. The zero-order valence-electron chi connectivity index (χ0n) is 25.5. The predicted octanol–water partition coefficient (Wildman–Crippen LogP) is 6.78. The van der Waals surface area contributed by atoms with Crippen LogP contribution in [0.4, 0.5) is 14.5 Å². The first-order valence-electron chi connectivity index (χ1n) is 14.1. The van der Waals surface area contributed by atoms with Gasteiger partial charge in [-0.3, -0.25) is 9.59 Å². The third-order valence-electron chi connectivity index (χ3n) is 7.32. The van der Waals surface area contributed by atoms with Crippen molar-refractivity contribution < 1.29 is 33.3 Å². The Bertz CT molecular complexity index is 1470. The molecule has 0 atom stereocenters. The van der Waals surface area contributed by atoms with E-state index in [1.807, 2.05) is 20.9 Å². The van der Waals surface area contributed by atoms with Crippen molar-refractivity contribution in [2.24, 2.45) is 0 Å². The molecule has 0 aromatic heterocycles. The quantitative estimate of drug-likeness (QED) is 0.331. The fraction of sp³-hybridized carbons (Fsp3) is 0.412. The Morgan fingerprint density at radius 2 is 1.71 bits per heavy atom. The lowest BCUT2D eigenvalue weighted by atomic mass is 9.84. The van der Waals surface area contributed by atoms with Crippen LogP contribution in [0, 0.1) is 32.4 Å². The Kier molecular flexibility index (Phi) is 10.5. The zero-order chi connectivity index (χ0) is 31.4. The minimum atomic E-state index is -0.870. The van der Waals surface area contributed by atoms with Crippen LogP contribution in [0.15, 0.2) is 30.3 Å². The van der Waals surface area contributed by atoms with E-state index < -0.39 is 11.6 Å². The summed E-state index contributed by atoms with van der Waals surface area (Å²) in [4.78, 5) is 23.9. The molecule has 3 aromatic carbocycles. The average molecular weight is 582 g/mol. The summed E-state index contributed by atoms with van der Waals surface area (Å²) in [6.45, 7) is 12.2. The summed E-state index contributed by atoms with van der Waals surface area (Å²) in [5.41, 5.74) is 7.93. The molecule has 5 rings (SSSR count). The molecule has 42 heavy (non-hydrogen) atoms. The highest BCUT2D eigenvalue weighted by Crippen LogP contribution is 2.44. The molecule has 0 amide bonds. The van der Waals surface area contributed by atoms with Crippen molar-refractivity contribution in [1.29, 1.82) is 0 Å². The number of benzene rings is 3. The second-order valence-corrected chi connectivity index (χ2v) is 11.8. The number of carboxylic acid groups (broad SMARTS) is 1. The third kappa shape index (κ3) is 7.73. The van der Waals surface area contributed by atoms with Crippen molar-refractivity contribution in [2.45, 2.75) is 72.8 Å². The van der Waals surface area contributed by atoms with E-state index in [-0.39, 0.29) is 18.1 Å². The molecular weight excluding hydrogens is 540 g/mol. The predicted molar refractivity (Wildman–Crippen MR) is 162 cm³/mol. The Morgan fingerprint density at radius 1 is 1.05 bits per heavy atom. The Hall–Kier alpha value is -3.78. The average Bonchev–Trinajstić information content (AvgIpc) is 3.27. The van der Waals surface area contributed by atoms with Gasteiger partial charge in [0.25, 0.3) is 0 Å². The zero-order valence-corrected chi connectivity index (χ0v) is 25.5. The summed E-state index contributed by atoms with van der Waals surface area (Å²) in [5.74, 6) is -1.19. The van der Waals surface area contributed by atoms with Gasteiger partial charge in [0.05, 0.1) is 18.6 Å². The van der Waals surface area contributed by atoms with Gasteiger partial charge >= 0.3 is 5.97 Å². The van der Waals surface area contributed by atoms with E-state index in [0.717, 1.165) is 70.4 Å².